The molecule has 3 heteroatoms. The van der Waals surface area contributed by atoms with Crippen LogP contribution in [0, 0.1) is 17.3 Å². The minimum absolute atomic E-state index is 0.186. The van der Waals surface area contributed by atoms with Crippen LogP contribution in [-0.2, 0) is 4.79 Å². The summed E-state index contributed by atoms with van der Waals surface area (Å²) in [5.41, 5.74) is 0.476. The maximum atomic E-state index is 12.4. The quantitative estimate of drug-likeness (QED) is 0.835. The third-order valence-electron chi connectivity index (χ3n) is 5.11. The van der Waals surface area contributed by atoms with E-state index in [0.717, 1.165) is 13.1 Å². The van der Waals surface area contributed by atoms with Crippen LogP contribution in [0.25, 0.3) is 0 Å². The maximum absolute atomic E-state index is 12.4. The van der Waals surface area contributed by atoms with Gasteiger partial charge >= 0.3 is 0 Å². The molecule has 104 valence electrons. The van der Waals surface area contributed by atoms with Crippen LogP contribution in [0.15, 0.2) is 0 Å². The molecule has 1 aliphatic heterocycles. The van der Waals surface area contributed by atoms with Gasteiger partial charge < -0.3 is 10.2 Å². The van der Waals surface area contributed by atoms with Gasteiger partial charge in [-0.15, -0.1) is 0 Å². The second kappa shape index (κ2) is 5.20. The molecule has 0 radical (unpaired) electrons. The first-order chi connectivity index (χ1) is 8.41. The lowest BCUT2D eigenvalue weighted by Gasteiger charge is -2.41. The summed E-state index contributed by atoms with van der Waals surface area (Å²) in [5.74, 6) is 1.09. The van der Waals surface area contributed by atoms with E-state index in [-0.39, 0.29) is 5.92 Å². The van der Waals surface area contributed by atoms with Crippen LogP contribution in [0.5, 0.6) is 0 Å². The van der Waals surface area contributed by atoms with Crippen LogP contribution in [-0.4, -0.2) is 37.0 Å². The van der Waals surface area contributed by atoms with Gasteiger partial charge in [0.25, 0.3) is 0 Å². The molecule has 0 aromatic carbocycles. The van der Waals surface area contributed by atoms with Crippen LogP contribution in [0.4, 0.5) is 0 Å². The van der Waals surface area contributed by atoms with E-state index in [4.69, 9.17) is 0 Å². The van der Waals surface area contributed by atoms with Gasteiger partial charge in [0.1, 0.15) is 0 Å². The molecule has 1 atom stereocenters. The third-order valence-corrected chi connectivity index (χ3v) is 5.11. The van der Waals surface area contributed by atoms with Crippen molar-refractivity contribution in [2.45, 2.75) is 52.5 Å². The average Bonchev–Trinajstić information content (AvgIpc) is 2.24. The Morgan fingerprint density at radius 3 is 2.28 bits per heavy atom. The Bertz CT molecular complexity index is 300. The summed E-state index contributed by atoms with van der Waals surface area (Å²) in [4.78, 5) is 14.5. The molecule has 1 N–H and O–H groups in total. The Balaban J connectivity index is 1.86. The largest absolute Gasteiger partial charge is 0.343 e. The highest BCUT2D eigenvalue weighted by molar-refractivity contribution is 5.79. The van der Waals surface area contributed by atoms with Gasteiger partial charge in [0.05, 0.1) is 0 Å². The topological polar surface area (TPSA) is 32.3 Å². The molecule has 1 saturated carbocycles. The molecule has 1 heterocycles. The summed E-state index contributed by atoms with van der Waals surface area (Å²) in [6, 6.07) is 0.473. The van der Waals surface area contributed by atoms with E-state index in [1.165, 1.54) is 25.7 Å². The van der Waals surface area contributed by atoms with Crippen LogP contribution in [0.1, 0.15) is 46.5 Å². The van der Waals surface area contributed by atoms with Crippen molar-refractivity contribution >= 4 is 5.91 Å². The smallest absolute Gasteiger partial charge is 0.225 e. The van der Waals surface area contributed by atoms with Crippen molar-refractivity contribution in [2.75, 3.05) is 20.1 Å². The molecule has 0 spiro atoms. The summed E-state index contributed by atoms with van der Waals surface area (Å²) < 4.78 is 0. The number of nitrogens with one attached hydrogen (secondary N) is 1. The van der Waals surface area contributed by atoms with E-state index in [2.05, 4.69) is 26.1 Å². The number of hydrogen-bond donors (Lipinski definition) is 1. The van der Waals surface area contributed by atoms with Crippen molar-refractivity contribution in [3.05, 3.63) is 0 Å². The number of carbonyl (C=O) groups excluding carboxylic acids is 1. The van der Waals surface area contributed by atoms with Gasteiger partial charge in [-0.05, 0) is 50.1 Å². The van der Waals surface area contributed by atoms with Gasteiger partial charge in [0.2, 0.25) is 5.91 Å². The average molecular weight is 252 g/mol. The monoisotopic (exact) mass is 252 g/mol. The van der Waals surface area contributed by atoms with E-state index in [1.807, 2.05) is 11.9 Å². The van der Waals surface area contributed by atoms with Gasteiger partial charge in [-0.3, -0.25) is 4.79 Å². The van der Waals surface area contributed by atoms with Crippen molar-refractivity contribution in [1.82, 2.24) is 10.2 Å². The maximum Gasteiger partial charge on any atom is 0.225 e. The SMILES string of the molecule is CC(C(=O)N(C)C1CCC(C)(C)CC1)C1CNC1. The zero-order valence-electron chi connectivity index (χ0n) is 12.3. The lowest BCUT2D eigenvalue weighted by molar-refractivity contribution is -0.139. The summed E-state index contributed by atoms with van der Waals surface area (Å²) in [6.07, 6.45) is 4.83. The van der Waals surface area contributed by atoms with Crippen molar-refractivity contribution in [1.29, 1.82) is 0 Å². The normalized spacial score (nSPS) is 26.4. The van der Waals surface area contributed by atoms with Gasteiger partial charge in [-0.25, -0.2) is 0 Å². The van der Waals surface area contributed by atoms with Crippen molar-refractivity contribution < 1.29 is 4.79 Å². The summed E-state index contributed by atoms with van der Waals surface area (Å²) in [5, 5.41) is 3.26. The number of nitrogens with zero attached hydrogens (tertiary/aromatic N) is 1. The van der Waals surface area contributed by atoms with E-state index in [0.29, 0.717) is 23.3 Å². The molecule has 1 unspecified atom stereocenters. The Morgan fingerprint density at radius 1 is 1.28 bits per heavy atom. The van der Waals surface area contributed by atoms with E-state index in [1.54, 1.807) is 0 Å². The lowest BCUT2D eigenvalue weighted by Crippen LogP contribution is -2.51. The number of hydrogen-bond acceptors (Lipinski definition) is 2. The molecular weight excluding hydrogens is 224 g/mol. The van der Waals surface area contributed by atoms with Crippen molar-refractivity contribution in [2.24, 2.45) is 17.3 Å². The predicted octanol–water partition coefficient (Wildman–Crippen LogP) is 2.27. The Labute approximate surface area is 111 Å². The first kappa shape index (κ1) is 13.9. The molecule has 0 bridgehead atoms. The minimum Gasteiger partial charge on any atom is -0.343 e. The fourth-order valence-electron chi connectivity index (χ4n) is 3.14. The highest BCUT2D eigenvalue weighted by Crippen LogP contribution is 2.37. The molecule has 3 nitrogen and oxygen atoms in total. The first-order valence-corrected chi connectivity index (χ1v) is 7.38. The fourth-order valence-corrected chi connectivity index (χ4v) is 3.14. The molecule has 2 aliphatic rings. The zero-order chi connectivity index (χ0) is 13.3. The number of carbonyl (C=O) groups is 1. The molecule has 1 amide bonds. The molecular formula is C15H28N2O. The Morgan fingerprint density at radius 2 is 1.83 bits per heavy atom. The van der Waals surface area contributed by atoms with E-state index in [9.17, 15) is 4.79 Å². The molecule has 1 aliphatic carbocycles. The molecule has 1 saturated heterocycles. The van der Waals surface area contributed by atoms with E-state index >= 15 is 0 Å². The second-order valence-corrected chi connectivity index (χ2v) is 7.05. The minimum atomic E-state index is 0.186. The van der Waals surface area contributed by atoms with Crippen LogP contribution < -0.4 is 5.32 Å². The first-order valence-electron chi connectivity index (χ1n) is 7.38. The lowest BCUT2D eigenvalue weighted by atomic mass is 9.75. The Kier molecular flexibility index (Phi) is 4.00. The summed E-state index contributed by atoms with van der Waals surface area (Å²) in [6.45, 7) is 8.80. The summed E-state index contributed by atoms with van der Waals surface area (Å²) >= 11 is 0. The van der Waals surface area contributed by atoms with Crippen molar-refractivity contribution in [3.8, 4) is 0 Å². The third kappa shape index (κ3) is 2.87. The fraction of sp³-hybridized carbons (Fsp3) is 0.933. The predicted molar refractivity (Wildman–Crippen MR) is 74.3 cm³/mol. The Hall–Kier alpha value is -0.570. The molecule has 2 rings (SSSR count). The molecule has 0 aromatic rings. The highest BCUT2D eigenvalue weighted by atomic mass is 16.2. The van der Waals surface area contributed by atoms with Crippen LogP contribution in [0.2, 0.25) is 0 Å². The molecule has 2 fully saturated rings. The molecule has 18 heavy (non-hydrogen) atoms. The second-order valence-electron chi connectivity index (χ2n) is 7.05. The van der Waals surface area contributed by atoms with Gasteiger partial charge in [0.15, 0.2) is 0 Å². The number of amides is 1. The standard InChI is InChI=1S/C15H28N2O/c1-11(12-9-16-10-12)14(18)17(4)13-5-7-15(2,3)8-6-13/h11-13,16H,5-10H2,1-4H3. The number of rotatable bonds is 3. The van der Waals surface area contributed by atoms with Crippen LogP contribution >= 0.6 is 0 Å². The highest BCUT2D eigenvalue weighted by Gasteiger charge is 2.35. The van der Waals surface area contributed by atoms with Crippen LogP contribution in [0.3, 0.4) is 0 Å². The summed E-state index contributed by atoms with van der Waals surface area (Å²) in [7, 11) is 2.01. The van der Waals surface area contributed by atoms with Gasteiger partial charge in [-0.2, -0.15) is 0 Å². The van der Waals surface area contributed by atoms with Gasteiger partial charge in [0, 0.05) is 19.0 Å². The molecule has 0 aromatic heterocycles. The van der Waals surface area contributed by atoms with Crippen molar-refractivity contribution in [3.63, 3.8) is 0 Å². The van der Waals surface area contributed by atoms with Gasteiger partial charge in [-0.1, -0.05) is 20.8 Å². The van der Waals surface area contributed by atoms with E-state index < -0.39 is 0 Å². The zero-order valence-corrected chi connectivity index (χ0v) is 12.3.